The lowest BCUT2D eigenvalue weighted by molar-refractivity contribution is -0.121. The van der Waals surface area contributed by atoms with Crippen molar-refractivity contribution in [3.63, 3.8) is 0 Å². The molecule has 1 unspecified atom stereocenters. The second kappa shape index (κ2) is 7.88. The van der Waals surface area contributed by atoms with E-state index in [1.807, 2.05) is 13.0 Å². The zero-order chi connectivity index (χ0) is 14.3. The fraction of sp³-hybridized carbons (Fsp3) is 0.500. The molecule has 106 valence electrons. The molecule has 7 heteroatoms. The molecule has 0 bridgehead atoms. The molecule has 6 nitrogen and oxygen atoms in total. The Balaban J connectivity index is 2.35. The molecule has 1 heterocycles. The molecule has 1 aromatic rings. The third-order valence-electron chi connectivity index (χ3n) is 2.33. The van der Waals surface area contributed by atoms with Gasteiger partial charge in [-0.25, -0.2) is 0 Å². The maximum Gasteiger partial charge on any atom is 0.261 e. The van der Waals surface area contributed by atoms with Gasteiger partial charge in [0.15, 0.2) is 0 Å². The number of rotatable bonds is 7. The van der Waals surface area contributed by atoms with E-state index in [2.05, 4.69) is 10.6 Å². The van der Waals surface area contributed by atoms with Crippen molar-refractivity contribution in [2.24, 2.45) is 0 Å². The molecule has 0 spiro atoms. The number of carbonyl (C=O) groups excluding carboxylic acids is 2. The predicted octanol–water partition coefficient (Wildman–Crippen LogP) is -0.0902. The molecule has 2 amide bonds. The Morgan fingerprint density at radius 3 is 2.74 bits per heavy atom. The Morgan fingerprint density at radius 2 is 2.21 bits per heavy atom. The molecule has 3 N–H and O–H groups in total. The summed E-state index contributed by atoms with van der Waals surface area (Å²) in [6, 6.07) is 3.10. The van der Waals surface area contributed by atoms with Crippen LogP contribution in [0.4, 0.5) is 0 Å². The van der Waals surface area contributed by atoms with Crippen LogP contribution in [0.5, 0.6) is 0 Å². The lowest BCUT2D eigenvalue weighted by Crippen LogP contribution is -2.45. The number of aliphatic hydroxyl groups excluding tert-OH is 1. The van der Waals surface area contributed by atoms with Crippen LogP contribution < -0.4 is 10.6 Å². The van der Waals surface area contributed by atoms with E-state index >= 15 is 0 Å². The van der Waals surface area contributed by atoms with E-state index in [0.29, 0.717) is 4.88 Å². The molecular weight excluding hydrogens is 268 g/mol. The quantitative estimate of drug-likeness (QED) is 0.654. The summed E-state index contributed by atoms with van der Waals surface area (Å²) in [6.45, 7) is 1.79. The highest BCUT2D eigenvalue weighted by Gasteiger charge is 2.13. The summed E-state index contributed by atoms with van der Waals surface area (Å²) in [5.41, 5.74) is 0. The van der Waals surface area contributed by atoms with Crippen molar-refractivity contribution in [1.29, 1.82) is 0 Å². The number of amides is 2. The van der Waals surface area contributed by atoms with E-state index in [0.717, 1.165) is 4.88 Å². The highest BCUT2D eigenvalue weighted by molar-refractivity contribution is 7.13. The first-order chi connectivity index (χ1) is 9.06. The van der Waals surface area contributed by atoms with Crippen molar-refractivity contribution < 1.29 is 19.4 Å². The van der Waals surface area contributed by atoms with E-state index in [4.69, 9.17) is 9.84 Å². The molecule has 1 rings (SSSR count). The standard InChI is InChI=1S/C12H18N2O4S/c1-8-3-4-10(19-8)12(17)13-5-11(16)14-9(6-15)7-18-2/h3-4,9,15H,5-7H2,1-2H3,(H,13,17)(H,14,16). The van der Waals surface area contributed by atoms with Crippen molar-refractivity contribution >= 4 is 23.2 Å². The van der Waals surface area contributed by atoms with Gasteiger partial charge in [-0.1, -0.05) is 0 Å². The second-order valence-corrected chi connectivity index (χ2v) is 5.28. The van der Waals surface area contributed by atoms with Crippen molar-refractivity contribution in [2.75, 3.05) is 26.9 Å². The second-order valence-electron chi connectivity index (χ2n) is 4.00. The number of ether oxygens (including phenoxy) is 1. The summed E-state index contributed by atoms with van der Waals surface area (Å²) in [5, 5.41) is 14.1. The van der Waals surface area contributed by atoms with E-state index in [1.165, 1.54) is 18.4 Å². The number of methoxy groups -OCH3 is 1. The average Bonchev–Trinajstić information content (AvgIpc) is 2.82. The van der Waals surface area contributed by atoms with Crippen LogP contribution >= 0.6 is 11.3 Å². The smallest absolute Gasteiger partial charge is 0.261 e. The highest BCUT2D eigenvalue weighted by Crippen LogP contribution is 2.14. The van der Waals surface area contributed by atoms with Gasteiger partial charge in [0.25, 0.3) is 5.91 Å². The molecule has 0 aliphatic carbocycles. The van der Waals surface area contributed by atoms with Crippen molar-refractivity contribution in [3.05, 3.63) is 21.9 Å². The molecule has 1 aromatic heterocycles. The molecule has 0 saturated heterocycles. The Labute approximate surface area is 115 Å². The summed E-state index contributed by atoms with van der Waals surface area (Å²) < 4.78 is 4.83. The molecule has 0 radical (unpaired) electrons. The van der Waals surface area contributed by atoms with E-state index in [9.17, 15) is 9.59 Å². The lowest BCUT2D eigenvalue weighted by atomic mass is 10.3. The number of hydrogen-bond acceptors (Lipinski definition) is 5. The number of aliphatic hydroxyl groups is 1. The zero-order valence-corrected chi connectivity index (χ0v) is 11.8. The van der Waals surface area contributed by atoms with E-state index in [1.54, 1.807) is 6.07 Å². The maximum atomic E-state index is 11.7. The molecule has 0 aliphatic rings. The highest BCUT2D eigenvalue weighted by atomic mass is 32.1. The maximum absolute atomic E-state index is 11.7. The van der Waals surface area contributed by atoms with Crippen LogP contribution in [-0.2, 0) is 9.53 Å². The Hall–Kier alpha value is -1.44. The van der Waals surface area contributed by atoms with Crippen molar-refractivity contribution in [3.8, 4) is 0 Å². The van der Waals surface area contributed by atoms with Gasteiger partial charge in [-0.3, -0.25) is 9.59 Å². The topological polar surface area (TPSA) is 87.7 Å². The Morgan fingerprint density at radius 1 is 1.47 bits per heavy atom. The Kier molecular flexibility index (Phi) is 6.48. The van der Waals surface area contributed by atoms with Crippen LogP contribution in [0.15, 0.2) is 12.1 Å². The van der Waals surface area contributed by atoms with Crippen LogP contribution in [0.2, 0.25) is 0 Å². The zero-order valence-electron chi connectivity index (χ0n) is 10.9. The molecule has 1 atom stereocenters. The molecule has 0 saturated carbocycles. The summed E-state index contributed by atoms with van der Waals surface area (Å²) in [6.07, 6.45) is 0. The van der Waals surface area contributed by atoms with Crippen LogP contribution in [0.25, 0.3) is 0 Å². The average molecular weight is 286 g/mol. The van der Waals surface area contributed by atoms with Gasteiger partial charge < -0.3 is 20.5 Å². The van der Waals surface area contributed by atoms with Crippen LogP contribution in [-0.4, -0.2) is 49.8 Å². The summed E-state index contributed by atoms with van der Waals surface area (Å²) in [7, 11) is 1.48. The first-order valence-corrected chi connectivity index (χ1v) is 6.62. The van der Waals surface area contributed by atoms with Gasteiger partial charge in [0.1, 0.15) is 0 Å². The van der Waals surface area contributed by atoms with Gasteiger partial charge >= 0.3 is 0 Å². The van der Waals surface area contributed by atoms with E-state index < -0.39 is 6.04 Å². The molecule has 0 aliphatic heterocycles. The van der Waals surface area contributed by atoms with Gasteiger partial charge in [0.2, 0.25) is 5.91 Å². The third kappa shape index (κ3) is 5.37. The number of aryl methyl sites for hydroxylation is 1. The molecule has 0 aromatic carbocycles. The summed E-state index contributed by atoms with van der Waals surface area (Å²) in [4.78, 5) is 24.8. The number of hydrogen-bond donors (Lipinski definition) is 3. The third-order valence-corrected chi connectivity index (χ3v) is 3.33. The van der Waals surface area contributed by atoms with Crippen LogP contribution in [0.1, 0.15) is 14.5 Å². The fourth-order valence-electron chi connectivity index (χ4n) is 1.42. The SMILES string of the molecule is COCC(CO)NC(=O)CNC(=O)c1ccc(C)s1. The van der Waals surface area contributed by atoms with Gasteiger partial charge in [0, 0.05) is 12.0 Å². The summed E-state index contributed by atoms with van der Waals surface area (Å²) in [5.74, 6) is -0.640. The van der Waals surface area contributed by atoms with Crippen molar-refractivity contribution in [1.82, 2.24) is 10.6 Å². The van der Waals surface area contributed by atoms with Gasteiger partial charge in [-0.05, 0) is 19.1 Å². The van der Waals surface area contributed by atoms with Gasteiger partial charge in [-0.2, -0.15) is 0 Å². The van der Waals surface area contributed by atoms with Crippen LogP contribution in [0, 0.1) is 6.92 Å². The molecule has 0 fully saturated rings. The minimum Gasteiger partial charge on any atom is -0.394 e. The fourth-order valence-corrected chi connectivity index (χ4v) is 2.21. The minimum atomic E-state index is -0.460. The molecule has 19 heavy (non-hydrogen) atoms. The summed E-state index contributed by atoms with van der Waals surface area (Å²) >= 11 is 1.37. The Bertz CT molecular complexity index is 433. The first kappa shape index (κ1) is 15.6. The van der Waals surface area contributed by atoms with Crippen molar-refractivity contribution in [2.45, 2.75) is 13.0 Å². The van der Waals surface area contributed by atoms with Gasteiger partial charge in [-0.15, -0.1) is 11.3 Å². The number of nitrogens with one attached hydrogen (secondary N) is 2. The number of carbonyl (C=O) groups is 2. The normalized spacial score (nSPS) is 11.9. The van der Waals surface area contributed by atoms with Crippen LogP contribution in [0.3, 0.4) is 0 Å². The monoisotopic (exact) mass is 286 g/mol. The van der Waals surface area contributed by atoms with E-state index in [-0.39, 0.29) is 31.6 Å². The van der Waals surface area contributed by atoms with Gasteiger partial charge in [0.05, 0.1) is 30.7 Å². The first-order valence-electron chi connectivity index (χ1n) is 5.80. The number of thiophene rings is 1. The molecular formula is C12H18N2O4S. The lowest BCUT2D eigenvalue weighted by Gasteiger charge is -2.15. The minimum absolute atomic E-state index is 0.129. The largest absolute Gasteiger partial charge is 0.394 e. The predicted molar refractivity (Wildman–Crippen MR) is 72.3 cm³/mol.